The van der Waals surface area contributed by atoms with Crippen LogP contribution in [0.5, 0.6) is 5.75 Å². The zero-order chi connectivity index (χ0) is 33.3. The monoisotopic (exact) mass is 661 g/mol. The van der Waals surface area contributed by atoms with Crippen LogP contribution in [-0.2, 0) is 32.6 Å². The lowest BCUT2D eigenvalue weighted by atomic mass is 10.0. The normalized spacial score (nSPS) is 12.5. The van der Waals surface area contributed by atoms with Crippen LogP contribution in [0.15, 0.2) is 108 Å². The third-order valence-electron chi connectivity index (χ3n) is 7.81. The molecule has 0 aromatic heterocycles. The summed E-state index contributed by atoms with van der Waals surface area (Å²) in [5, 5.41) is 3.40. The van der Waals surface area contributed by atoms with Crippen LogP contribution in [0.1, 0.15) is 37.0 Å². The van der Waals surface area contributed by atoms with Gasteiger partial charge in [-0.2, -0.15) is 0 Å². The van der Waals surface area contributed by atoms with Crippen molar-refractivity contribution in [1.29, 1.82) is 0 Å². The summed E-state index contributed by atoms with van der Waals surface area (Å²) in [5.74, 6) is -0.291. The van der Waals surface area contributed by atoms with Crippen molar-refractivity contribution in [2.24, 2.45) is 0 Å². The molecule has 0 fully saturated rings. The molecule has 4 aromatic carbocycles. The fraction of sp³-hybridized carbons (Fsp3) is 0.278. The van der Waals surface area contributed by atoms with E-state index in [0.717, 1.165) is 21.0 Å². The van der Waals surface area contributed by atoms with Gasteiger partial charge in [-0.25, -0.2) is 8.42 Å². The number of methoxy groups -OCH3 is 1. The number of hydrogen-bond acceptors (Lipinski definition) is 5. The molecule has 4 aromatic rings. The molecule has 0 saturated carbocycles. The van der Waals surface area contributed by atoms with Gasteiger partial charge in [-0.1, -0.05) is 85.3 Å². The number of anilines is 1. The second-order valence-electron chi connectivity index (χ2n) is 11.2. The number of ether oxygens (including phenoxy) is 1. The number of aryl methyl sites for hydroxylation is 1. The van der Waals surface area contributed by atoms with Gasteiger partial charge in [-0.05, 0) is 73.4 Å². The van der Waals surface area contributed by atoms with Crippen molar-refractivity contribution in [2.45, 2.75) is 57.1 Å². The number of carbonyl (C=O) groups excluding carboxylic acids is 2. The van der Waals surface area contributed by atoms with Gasteiger partial charge in [-0.15, -0.1) is 0 Å². The SMILES string of the molecule is CC[C@H](C)NC(=O)[C@H](Cc1ccccc1)N(Cc1cccc(OC)c1)C(=O)CN(c1ccc(C)c(Cl)c1)S(=O)(=O)c1ccccc1. The largest absolute Gasteiger partial charge is 0.497 e. The molecular formula is C36H40ClN3O5S. The molecule has 8 nitrogen and oxygen atoms in total. The molecule has 0 spiro atoms. The van der Waals surface area contributed by atoms with Gasteiger partial charge in [0.15, 0.2) is 0 Å². The molecule has 0 aliphatic heterocycles. The third-order valence-corrected chi connectivity index (χ3v) is 10.0. The van der Waals surface area contributed by atoms with Gasteiger partial charge in [0.05, 0.1) is 17.7 Å². The maximum Gasteiger partial charge on any atom is 0.264 e. The molecule has 0 unspecified atom stereocenters. The molecular weight excluding hydrogens is 622 g/mol. The Labute approximate surface area is 277 Å². The minimum atomic E-state index is -4.22. The van der Waals surface area contributed by atoms with Crippen LogP contribution >= 0.6 is 11.6 Å². The first-order chi connectivity index (χ1) is 22.0. The molecule has 0 saturated heterocycles. The van der Waals surface area contributed by atoms with Crippen LogP contribution < -0.4 is 14.4 Å². The van der Waals surface area contributed by atoms with Crippen LogP contribution in [0.4, 0.5) is 5.69 Å². The standard InChI is InChI=1S/C36H40ClN3O5S/c1-5-27(3)38-36(42)34(22-28-13-8-6-9-14-28)39(24-29-15-12-16-31(21-29)45-4)35(41)25-40(30-20-19-26(2)33(37)23-30)46(43,44)32-17-10-7-11-18-32/h6-21,23,27,34H,5,22,24-25H2,1-4H3,(H,38,42)/t27-,34-/m0/s1. The average molecular weight is 662 g/mol. The molecule has 0 radical (unpaired) electrons. The van der Waals surface area contributed by atoms with Gasteiger partial charge in [0.25, 0.3) is 10.0 Å². The first kappa shape index (κ1) is 34.5. The Hall–Kier alpha value is -4.34. The van der Waals surface area contributed by atoms with Gasteiger partial charge in [-0.3, -0.25) is 13.9 Å². The Kier molecular flexibility index (Phi) is 11.8. The molecule has 46 heavy (non-hydrogen) atoms. The molecule has 0 aliphatic carbocycles. The van der Waals surface area contributed by atoms with E-state index in [1.807, 2.05) is 63.2 Å². The van der Waals surface area contributed by atoms with Crippen LogP contribution in [-0.4, -0.2) is 50.9 Å². The highest BCUT2D eigenvalue weighted by molar-refractivity contribution is 7.92. The summed E-state index contributed by atoms with van der Waals surface area (Å²) in [7, 11) is -2.66. The van der Waals surface area contributed by atoms with E-state index in [1.165, 1.54) is 23.1 Å². The summed E-state index contributed by atoms with van der Waals surface area (Å²) in [6.07, 6.45) is 0.922. The molecule has 242 valence electrons. The summed E-state index contributed by atoms with van der Waals surface area (Å²) in [5.41, 5.74) is 2.57. The van der Waals surface area contributed by atoms with Crippen LogP contribution in [0, 0.1) is 6.92 Å². The lowest BCUT2D eigenvalue weighted by Gasteiger charge is -2.34. The van der Waals surface area contributed by atoms with Gasteiger partial charge >= 0.3 is 0 Å². The number of hydrogen-bond donors (Lipinski definition) is 1. The number of halogens is 1. The van der Waals surface area contributed by atoms with Crippen molar-refractivity contribution >= 4 is 39.1 Å². The van der Waals surface area contributed by atoms with Crippen molar-refractivity contribution in [1.82, 2.24) is 10.2 Å². The predicted octanol–water partition coefficient (Wildman–Crippen LogP) is 6.41. The molecule has 2 amide bonds. The Morgan fingerprint density at radius 3 is 2.17 bits per heavy atom. The molecule has 10 heteroatoms. The molecule has 0 aliphatic rings. The van der Waals surface area contributed by atoms with Crippen LogP contribution in [0.2, 0.25) is 5.02 Å². The summed E-state index contributed by atoms with van der Waals surface area (Å²) >= 11 is 6.45. The van der Waals surface area contributed by atoms with Crippen molar-refractivity contribution in [3.05, 3.63) is 125 Å². The highest BCUT2D eigenvalue weighted by Gasteiger charge is 2.35. The minimum absolute atomic E-state index is 0.0224. The average Bonchev–Trinajstić information content (AvgIpc) is 3.07. The Balaban J connectivity index is 1.83. The van der Waals surface area contributed by atoms with Crippen LogP contribution in [0.25, 0.3) is 0 Å². The summed E-state index contributed by atoms with van der Waals surface area (Å²) in [6.45, 7) is 5.15. The van der Waals surface area contributed by atoms with E-state index >= 15 is 0 Å². The zero-order valence-corrected chi connectivity index (χ0v) is 28.1. The lowest BCUT2D eigenvalue weighted by molar-refractivity contribution is -0.140. The second-order valence-corrected chi connectivity index (χ2v) is 13.4. The van der Waals surface area contributed by atoms with Crippen molar-refractivity contribution in [3.63, 3.8) is 0 Å². The number of rotatable bonds is 14. The van der Waals surface area contributed by atoms with E-state index < -0.39 is 28.5 Å². The van der Waals surface area contributed by atoms with E-state index in [0.29, 0.717) is 17.2 Å². The first-order valence-electron chi connectivity index (χ1n) is 15.1. The number of benzene rings is 4. The maximum absolute atomic E-state index is 14.6. The number of nitrogens with zero attached hydrogens (tertiary/aromatic N) is 2. The maximum atomic E-state index is 14.6. The highest BCUT2D eigenvalue weighted by atomic mass is 35.5. The van der Waals surface area contributed by atoms with E-state index in [1.54, 1.807) is 49.6 Å². The Morgan fingerprint density at radius 2 is 1.54 bits per heavy atom. The summed E-state index contributed by atoms with van der Waals surface area (Å²) < 4.78 is 34.7. The second kappa shape index (κ2) is 15.8. The summed E-state index contributed by atoms with van der Waals surface area (Å²) in [6, 6.07) is 28.4. The summed E-state index contributed by atoms with van der Waals surface area (Å²) in [4.78, 5) is 30.0. The van der Waals surface area contributed by atoms with Gasteiger partial charge < -0.3 is 15.0 Å². The van der Waals surface area contributed by atoms with E-state index in [9.17, 15) is 18.0 Å². The third kappa shape index (κ3) is 8.68. The van der Waals surface area contributed by atoms with Gasteiger partial charge in [0.1, 0.15) is 18.3 Å². The Bertz CT molecular complexity index is 1740. The number of sulfonamides is 1. The van der Waals surface area contributed by atoms with Crippen LogP contribution in [0.3, 0.4) is 0 Å². The lowest BCUT2D eigenvalue weighted by Crippen LogP contribution is -2.54. The minimum Gasteiger partial charge on any atom is -0.497 e. The van der Waals surface area contributed by atoms with Crippen molar-refractivity contribution < 1.29 is 22.7 Å². The Morgan fingerprint density at radius 1 is 0.891 bits per heavy atom. The number of carbonyl (C=O) groups is 2. The molecule has 0 bridgehead atoms. The van der Waals surface area contributed by atoms with E-state index in [-0.39, 0.29) is 35.5 Å². The molecule has 2 atom stereocenters. The highest BCUT2D eigenvalue weighted by Crippen LogP contribution is 2.29. The predicted molar refractivity (Wildman–Crippen MR) is 183 cm³/mol. The van der Waals surface area contributed by atoms with Crippen molar-refractivity contribution in [2.75, 3.05) is 18.0 Å². The molecule has 4 rings (SSSR count). The van der Waals surface area contributed by atoms with Gasteiger partial charge in [0, 0.05) is 24.0 Å². The van der Waals surface area contributed by atoms with Crippen molar-refractivity contribution in [3.8, 4) is 5.75 Å². The molecule has 0 heterocycles. The number of amides is 2. The van der Waals surface area contributed by atoms with E-state index in [2.05, 4.69) is 5.32 Å². The molecule has 1 N–H and O–H groups in total. The zero-order valence-electron chi connectivity index (χ0n) is 26.5. The quantitative estimate of drug-likeness (QED) is 0.169. The fourth-order valence-electron chi connectivity index (χ4n) is 4.95. The number of nitrogens with one attached hydrogen (secondary N) is 1. The topological polar surface area (TPSA) is 96.0 Å². The first-order valence-corrected chi connectivity index (χ1v) is 17.0. The van der Waals surface area contributed by atoms with E-state index in [4.69, 9.17) is 16.3 Å². The fourth-order valence-corrected chi connectivity index (χ4v) is 6.55. The van der Waals surface area contributed by atoms with Gasteiger partial charge in [0.2, 0.25) is 11.8 Å². The smallest absolute Gasteiger partial charge is 0.264 e.